The first-order valence-corrected chi connectivity index (χ1v) is 9.60. The molecule has 3 aromatic rings. The number of pyridine rings is 1. The van der Waals surface area contributed by atoms with Gasteiger partial charge < -0.3 is 16.0 Å². The summed E-state index contributed by atoms with van der Waals surface area (Å²) in [5.74, 6) is -2.30. The SMILES string of the molecule is Nc1ncc(NC(=O)C(=O)N2[C@@H](c3ccccc3)CCC[C@H]2C(F)(F)F)c2[nH]ncc12. The quantitative estimate of drug-likeness (QED) is 0.538. The number of H-pyrrole nitrogens is 1. The van der Waals surface area contributed by atoms with Gasteiger partial charge in [0.05, 0.1) is 35.0 Å². The van der Waals surface area contributed by atoms with Gasteiger partial charge in [-0.1, -0.05) is 30.3 Å². The molecule has 0 spiro atoms. The number of aromatic nitrogens is 3. The molecule has 1 fully saturated rings. The normalized spacial score (nSPS) is 19.4. The zero-order valence-electron chi connectivity index (χ0n) is 16.2. The van der Waals surface area contributed by atoms with E-state index in [-0.39, 0.29) is 24.3 Å². The fourth-order valence-electron chi connectivity index (χ4n) is 3.95. The number of anilines is 2. The molecule has 1 aliphatic rings. The Balaban J connectivity index is 1.67. The summed E-state index contributed by atoms with van der Waals surface area (Å²) in [6.45, 7) is 0. The van der Waals surface area contributed by atoms with Crippen LogP contribution in [-0.2, 0) is 9.59 Å². The van der Waals surface area contributed by atoms with E-state index in [1.54, 1.807) is 30.3 Å². The van der Waals surface area contributed by atoms with Crippen LogP contribution in [0.4, 0.5) is 24.7 Å². The molecule has 0 bridgehead atoms. The number of piperidine rings is 1. The van der Waals surface area contributed by atoms with Gasteiger partial charge in [-0.2, -0.15) is 18.3 Å². The number of rotatable bonds is 2. The highest BCUT2D eigenvalue weighted by Crippen LogP contribution is 2.41. The van der Waals surface area contributed by atoms with E-state index in [0.717, 1.165) is 0 Å². The number of likely N-dealkylation sites (tertiary alicyclic amines) is 1. The van der Waals surface area contributed by atoms with Crippen LogP contribution in [0.5, 0.6) is 0 Å². The van der Waals surface area contributed by atoms with Crippen LogP contribution >= 0.6 is 0 Å². The Kier molecular flexibility index (Phi) is 5.25. The lowest BCUT2D eigenvalue weighted by molar-refractivity contribution is -0.203. The van der Waals surface area contributed by atoms with E-state index < -0.39 is 30.1 Å². The lowest BCUT2D eigenvalue weighted by Crippen LogP contribution is -2.55. The van der Waals surface area contributed by atoms with Crippen molar-refractivity contribution in [3.05, 3.63) is 48.3 Å². The number of nitrogens with two attached hydrogens (primary N) is 1. The molecular formula is C20H19F3N6O2. The average Bonchev–Trinajstić information content (AvgIpc) is 3.26. The number of nitrogens with one attached hydrogen (secondary N) is 2. The Hall–Kier alpha value is -3.63. The van der Waals surface area contributed by atoms with Crippen LogP contribution in [0.25, 0.3) is 10.9 Å². The Morgan fingerprint density at radius 3 is 2.61 bits per heavy atom. The molecule has 4 N–H and O–H groups in total. The number of benzene rings is 1. The second-order valence-electron chi connectivity index (χ2n) is 7.30. The zero-order chi connectivity index (χ0) is 22.2. The van der Waals surface area contributed by atoms with Crippen molar-refractivity contribution < 1.29 is 22.8 Å². The highest BCUT2D eigenvalue weighted by molar-refractivity contribution is 6.40. The average molecular weight is 432 g/mol. The van der Waals surface area contributed by atoms with Gasteiger partial charge in [0, 0.05) is 0 Å². The summed E-state index contributed by atoms with van der Waals surface area (Å²) in [5.41, 5.74) is 6.70. The van der Waals surface area contributed by atoms with Crippen LogP contribution in [0.2, 0.25) is 0 Å². The molecule has 0 saturated carbocycles. The van der Waals surface area contributed by atoms with Gasteiger partial charge in [0.15, 0.2) is 0 Å². The lowest BCUT2D eigenvalue weighted by Gasteiger charge is -2.42. The number of hydrogen-bond acceptors (Lipinski definition) is 5. The van der Waals surface area contributed by atoms with Gasteiger partial charge >= 0.3 is 18.0 Å². The summed E-state index contributed by atoms with van der Waals surface area (Å²) in [7, 11) is 0. The molecule has 1 saturated heterocycles. The predicted molar refractivity (Wildman–Crippen MR) is 107 cm³/mol. The molecule has 3 heterocycles. The fourth-order valence-corrected chi connectivity index (χ4v) is 3.95. The number of aromatic amines is 1. The molecule has 2 atom stereocenters. The fraction of sp³-hybridized carbons (Fsp3) is 0.300. The second kappa shape index (κ2) is 7.89. The van der Waals surface area contributed by atoms with Crippen molar-refractivity contribution in [3.8, 4) is 0 Å². The van der Waals surface area contributed by atoms with Crippen molar-refractivity contribution in [1.29, 1.82) is 0 Å². The second-order valence-corrected chi connectivity index (χ2v) is 7.30. The standard InChI is InChI=1S/C20H19F3N6O2/c21-20(22,23)15-8-4-7-14(11-5-2-1-3-6-11)29(15)19(31)18(30)27-13-10-25-17(24)12-9-26-28-16(12)13/h1-3,5-6,9-10,14-15H,4,7-8H2,(H2,24,25)(H,26,28)(H,27,30)/t14-,15+/m1/s1. The maximum Gasteiger partial charge on any atom is 0.408 e. The molecular weight excluding hydrogens is 413 g/mol. The van der Waals surface area contributed by atoms with E-state index in [2.05, 4.69) is 20.5 Å². The van der Waals surface area contributed by atoms with E-state index in [0.29, 0.717) is 27.8 Å². The van der Waals surface area contributed by atoms with Gasteiger partial charge in [-0.05, 0) is 24.8 Å². The Labute approximate surface area is 174 Å². The Bertz CT molecular complexity index is 1120. The minimum atomic E-state index is -4.66. The number of hydrogen-bond donors (Lipinski definition) is 3. The maximum absolute atomic E-state index is 13.8. The van der Waals surface area contributed by atoms with E-state index in [1.165, 1.54) is 12.4 Å². The van der Waals surface area contributed by atoms with Crippen molar-refractivity contribution in [2.24, 2.45) is 0 Å². The number of nitrogen functional groups attached to an aromatic ring is 1. The molecule has 11 heteroatoms. The minimum absolute atomic E-state index is 0.0943. The van der Waals surface area contributed by atoms with Gasteiger partial charge in [0.25, 0.3) is 0 Å². The molecule has 0 radical (unpaired) electrons. The topological polar surface area (TPSA) is 117 Å². The van der Waals surface area contributed by atoms with Gasteiger partial charge in [-0.15, -0.1) is 0 Å². The molecule has 2 aromatic heterocycles. The van der Waals surface area contributed by atoms with E-state index in [9.17, 15) is 22.8 Å². The Morgan fingerprint density at radius 1 is 1.16 bits per heavy atom. The summed E-state index contributed by atoms with van der Waals surface area (Å²) in [4.78, 5) is 30.4. The third-order valence-electron chi connectivity index (χ3n) is 5.38. The van der Waals surface area contributed by atoms with Gasteiger partial charge in [0.1, 0.15) is 11.9 Å². The third-order valence-corrected chi connectivity index (χ3v) is 5.38. The monoisotopic (exact) mass is 432 g/mol. The molecule has 1 aliphatic heterocycles. The van der Waals surface area contributed by atoms with Crippen LogP contribution in [0.1, 0.15) is 30.9 Å². The predicted octanol–water partition coefficient (Wildman–Crippen LogP) is 3.16. The summed E-state index contributed by atoms with van der Waals surface area (Å²) < 4.78 is 41.3. The molecule has 0 aliphatic carbocycles. The van der Waals surface area contributed by atoms with Crippen molar-refractivity contribution in [1.82, 2.24) is 20.1 Å². The zero-order valence-corrected chi connectivity index (χ0v) is 16.2. The molecule has 8 nitrogen and oxygen atoms in total. The summed E-state index contributed by atoms with van der Waals surface area (Å²) in [6, 6.07) is 5.49. The number of amides is 2. The van der Waals surface area contributed by atoms with Crippen LogP contribution in [0, 0.1) is 0 Å². The van der Waals surface area contributed by atoms with Crippen molar-refractivity contribution in [2.75, 3.05) is 11.1 Å². The number of carbonyl (C=O) groups is 2. The van der Waals surface area contributed by atoms with Gasteiger partial charge in [-0.3, -0.25) is 14.7 Å². The lowest BCUT2D eigenvalue weighted by atomic mass is 9.90. The molecule has 4 rings (SSSR count). The third kappa shape index (κ3) is 3.90. The van der Waals surface area contributed by atoms with Crippen LogP contribution < -0.4 is 11.1 Å². The molecule has 162 valence electrons. The number of nitrogens with zero attached hydrogens (tertiary/aromatic N) is 3. The first-order chi connectivity index (χ1) is 14.8. The number of fused-ring (bicyclic) bond motifs is 1. The first-order valence-electron chi connectivity index (χ1n) is 9.60. The minimum Gasteiger partial charge on any atom is -0.383 e. The van der Waals surface area contributed by atoms with E-state index in [1.807, 2.05) is 0 Å². The van der Waals surface area contributed by atoms with Crippen LogP contribution in [0.3, 0.4) is 0 Å². The number of halogens is 3. The van der Waals surface area contributed by atoms with Crippen molar-refractivity contribution in [2.45, 2.75) is 37.5 Å². The largest absolute Gasteiger partial charge is 0.408 e. The van der Waals surface area contributed by atoms with Gasteiger partial charge in [-0.25, -0.2) is 4.98 Å². The smallest absolute Gasteiger partial charge is 0.383 e. The van der Waals surface area contributed by atoms with Gasteiger partial charge in [0.2, 0.25) is 0 Å². The van der Waals surface area contributed by atoms with Crippen molar-refractivity contribution >= 4 is 34.2 Å². The highest BCUT2D eigenvalue weighted by Gasteiger charge is 2.50. The van der Waals surface area contributed by atoms with E-state index in [4.69, 9.17) is 5.73 Å². The van der Waals surface area contributed by atoms with Crippen LogP contribution in [0.15, 0.2) is 42.7 Å². The maximum atomic E-state index is 13.8. The molecule has 0 unspecified atom stereocenters. The summed E-state index contributed by atoms with van der Waals surface area (Å²) >= 11 is 0. The molecule has 31 heavy (non-hydrogen) atoms. The van der Waals surface area contributed by atoms with E-state index >= 15 is 0 Å². The first kappa shape index (κ1) is 20.6. The Morgan fingerprint density at radius 2 is 1.90 bits per heavy atom. The number of carbonyl (C=O) groups excluding carboxylic acids is 2. The number of alkyl halides is 3. The van der Waals surface area contributed by atoms with Crippen molar-refractivity contribution in [3.63, 3.8) is 0 Å². The summed E-state index contributed by atoms with van der Waals surface area (Å²) in [6.07, 6.45) is -1.71. The molecule has 2 amide bonds. The molecule has 1 aromatic carbocycles. The summed E-state index contributed by atoms with van der Waals surface area (Å²) in [5, 5.41) is 9.22. The van der Waals surface area contributed by atoms with Crippen LogP contribution in [-0.4, -0.2) is 44.1 Å². The highest BCUT2D eigenvalue weighted by atomic mass is 19.4.